The molecule has 472 valence electrons. The monoisotopic (exact) mass is 1190 g/mol. The number of anilines is 2. The molecule has 17 nitrogen and oxygen atoms in total. The quantitative estimate of drug-likeness (QED) is 0.0553. The number of rotatable bonds is 17. The van der Waals surface area contributed by atoms with Crippen LogP contribution in [0.3, 0.4) is 0 Å². The molecule has 0 saturated heterocycles. The topological polar surface area (TPSA) is 198 Å². The molecule has 0 radical (unpaired) electrons. The van der Waals surface area contributed by atoms with E-state index in [2.05, 4.69) is 132 Å². The molecule has 5 rings (SSSR count). The zero-order valence-electron chi connectivity index (χ0n) is 55.2. The summed E-state index contributed by atoms with van der Waals surface area (Å²) in [4.78, 5) is 59.9. The molecule has 0 aliphatic heterocycles. The molecule has 0 saturated carbocycles. The van der Waals surface area contributed by atoms with Crippen molar-refractivity contribution in [2.75, 3.05) is 72.2 Å². The molecule has 5 aromatic carbocycles. The molecule has 5 N–H and O–H groups in total. The molecule has 1 atom stereocenters. The zero-order chi connectivity index (χ0) is 65.3. The van der Waals surface area contributed by atoms with Crippen LogP contribution in [0.1, 0.15) is 146 Å². The van der Waals surface area contributed by atoms with Crippen molar-refractivity contribution in [2.24, 2.45) is 0 Å². The van der Waals surface area contributed by atoms with Crippen LogP contribution in [0, 0.1) is 20.8 Å². The summed E-state index contributed by atoms with van der Waals surface area (Å²) >= 11 is 0. The molecule has 5 aromatic rings. The number of carbonyl (C=O) groups excluding carboxylic acids is 5. The summed E-state index contributed by atoms with van der Waals surface area (Å²) in [6.45, 7) is 36.6. The molecule has 0 heterocycles. The Morgan fingerprint density at radius 2 is 0.860 bits per heavy atom. The summed E-state index contributed by atoms with van der Waals surface area (Å²) in [5, 5.41) is 12.2. The second kappa shape index (κ2) is 38.5. The summed E-state index contributed by atoms with van der Waals surface area (Å²) in [5.74, 6) is 3.92. The second-order valence-electron chi connectivity index (χ2n) is 22.5. The molecule has 5 amide bonds. The Morgan fingerprint density at radius 3 is 1.21 bits per heavy atom. The largest absolute Gasteiger partial charge is 0.412 e. The van der Waals surface area contributed by atoms with Crippen molar-refractivity contribution in [1.82, 2.24) is 26.6 Å². The predicted molar refractivity (Wildman–Crippen MR) is 353 cm³/mol. The summed E-state index contributed by atoms with van der Waals surface area (Å²) in [7, 11) is 11.7. The van der Waals surface area contributed by atoms with E-state index in [1.54, 1.807) is 39.3 Å². The van der Waals surface area contributed by atoms with Gasteiger partial charge in [-0.05, 0) is 168 Å². The zero-order valence-corrected chi connectivity index (χ0v) is 55.2. The van der Waals surface area contributed by atoms with Gasteiger partial charge in [-0.1, -0.05) is 118 Å². The van der Waals surface area contributed by atoms with Crippen molar-refractivity contribution in [2.45, 2.75) is 138 Å². The number of carbonyl (C=O) groups is 5. The average Bonchev–Trinajstić information content (AvgIpc) is 1.77. The fourth-order valence-corrected chi connectivity index (χ4v) is 8.63. The SMILES string of the molecule is C=CCN(CC=C)c1c(C)cc(OC(=O)NC)cc1C.CCC(CC)c1cccc(OC(=O)NC)c1.CCCC(C)c1cccc(OC(=O)NC)c1.CNC(=O)Oc1cc(C(C)(C)C)cc(C(C)(C)C)c1.CNC(=O)Oc1ccc(N(C)C)c(C)c1. The van der Waals surface area contributed by atoms with Crippen LogP contribution in [-0.2, 0) is 10.8 Å². The highest BCUT2D eigenvalue weighted by molar-refractivity contribution is 5.73. The number of ether oxygens (including phenoxy) is 5. The minimum Gasteiger partial charge on any atom is -0.410 e. The Morgan fingerprint density at radius 1 is 0.500 bits per heavy atom. The highest BCUT2D eigenvalue weighted by atomic mass is 16.6. The minimum atomic E-state index is -0.467. The molecule has 0 fully saturated rings. The lowest BCUT2D eigenvalue weighted by Crippen LogP contribution is -2.25. The molecule has 0 bridgehead atoms. The number of amides is 5. The Bertz CT molecular complexity index is 2870. The van der Waals surface area contributed by atoms with Crippen LogP contribution in [-0.4, -0.2) is 92.9 Å². The molecule has 1 unspecified atom stereocenters. The van der Waals surface area contributed by atoms with Crippen molar-refractivity contribution < 1.29 is 47.7 Å². The Labute approximate surface area is 514 Å². The molecular formula is C69H101N7O10. The van der Waals surface area contributed by atoms with Crippen LogP contribution in [0.5, 0.6) is 28.7 Å². The van der Waals surface area contributed by atoms with Gasteiger partial charge < -0.3 is 60.1 Å². The second-order valence-corrected chi connectivity index (χ2v) is 22.5. The van der Waals surface area contributed by atoms with Gasteiger partial charge in [0.25, 0.3) is 0 Å². The first-order valence-corrected chi connectivity index (χ1v) is 29.2. The van der Waals surface area contributed by atoms with Gasteiger partial charge in [-0.15, -0.1) is 13.2 Å². The number of hydrogen-bond acceptors (Lipinski definition) is 12. The fraction of sp³-hybridized carbons (Fsp3) is 0.435. The van der Waals surface area contributed by atoms with E-state index >= 15 is 0 Å². The van der Waals surface area contributed by atoms with Gasteiger partial charge in [-0.3, -0.25) is 0 Å². The molecule has 0 spiro atoms. The van der Waals surface area contributed by atoms with Gasteiger partial charge >= 0.3 is 30.5 Å². The van der Waals surface area contributed by atoms with Gasteiger partial charge in [0.15, 0.2) is 0 Å². The van der Waals surface area contributed by atoms with Crippen molar-refractivity contribution in [1.29, 1.82) is 0 Å². The maximum absolute atomic E-state index is 11.4. The number of nitrogens with one attached hydrogen (secondary N) is 5. The smallest absolute Gasteiger partial charge is 0.410 e. The summed E-state index contributed by atoms with van der Waals surface area (Å²) < 4.78 is 25.6. The van der Waals surface area contributed by atoms with Gasteiger partial charge in [-0.2, -0.15) is 0 Å². The van der Waals surface area contributed by atoms with Crippen LogP contribution in [0.2, 0.25) is 0 Å². The van der Waals surface area contributed by atoms with Gasteiger partial charge in [0.05, 0.1) is 0 Å². The Balaban J connectivity index is 0.000000540. The van der Waals surface area contributed by atoms with Crippen LogP contribution in [0.25, 0.3) is 0 Å². The highest BCUT2D eigenvalue weighted by Crippen LogP contribution is 2.34. The number of nitrogens with zero attached hydrogens (tertiary/aromatic N) is 2. The maximum atomic E-state index is 11.4. The fourth-order valence-electron chi connectivity index (χ4n) is 8.63. The molecular weight excluding hydrogens is 1090 g/mol. The van der Waals surface area contributed by atoms with E-state index in [0.717, 1.165) is 66.8 Å². The van der Waals surface area contributed by atoms with Crippen molar-refractivity contribution in [3.63, 3.8) is 0 Å². The van der Waals surface area contributed by atoms with Crippen LogP contribution < -0.4 is 60.1 Å². The average molecular weight is 1190 g/mol. The van der Waals surface area contributed by atoms with Crippen LogP contribution in [0.15, 0.2) is 122 Å². The molecule has 86 heavy (non-hydrogen) atoms. The summed E-state index contributed by atoms with van der Waals surface area (Å²) in [6, 6.07) is 30.7. The van der Waals surface area contributed by atoms with Crippen molar-refractivity contribution in [3.05, 3.63) is 161 Å². The number of benzene rings is 5. The van der Waals surface area contributed by atoms with Gasteiger partial charge in [0.1, 0.15) is 28.7 Å². The molecule has 0 aliphatic carbocycles. The molecule has 17 heteroatoms. The third kappa shape index (κ3) is 27.5. The van der Waals surface area contributed by atoms with E-state index in [9.17, 15) is 24.0 Å². The van der Waals surface area contributed by atoms with Crippen LogP contribution in [0.4, 0.5) is 35.3 Å². The highest BCUT2D eigenvalue weighted by Gasteiger charge is 2.22. The lowest BCUT2D eigenvalue weighted by atomic mass is 9.80. The third-order valence-corrected chi connectivity index (χ3v) is 13.3. The number of hydrogen-bond donors (Lipinski definition) is 5. The van der Waals surface area contributed by atoms with E-state index in [-0.39, 0.29) is 10.8 Å². The minimum absolute atomic E-state index is 0.0159. The van der Waals surface area contributed by atoms with Crippen molar-refractivity contribution in [3.8, 4) is 28.7 Å². The normalized spacial score (nSPS) is 10.8. The van der Waals surface area contributed by atoms with E-state index < -0.39 is 30.5 Å². The lowest BCUT2D eigenvalue weighted by molar-refractivity contribution is 0.201. The molecule has 0 aromatic heterocycles. The first kappa shape index (κ1) is 75.5. The maximum Gasteiger partial charge on any atom is 0.412 e. The van der Waals surface area contributed by atoms with Crippen LogP contribution >= 0.6 is 0 Å². The lowest BCUT2D eigenvalue weighted by Gasteiger charge is -2.26. The standard InChI is InChI=1S/C16H22N2O2.C16H25NO2.2C13H19NO2.C11H16N2O2/c1-6-8-18(9-7-2)15-12(3)10-14(11-13(15)4)20-16(19)17-5;1-15(2,3)11-8-12(16(4,5)6)10-13(9-11)19-14(18)17-7;1-4-6-10(2)11-7-5-8-12(9-11)16-13(15)14-3;1-4-10(5-2)11-7-6-8-12(9-11)16-13(15)14-3;1-8-7-9(15-11(14)12-2)5-6-10(8)13(3)4/h6-7,10-11H,1-2,8-9H2,3-5H3,(H,17,19);8-10H,1-7H3,(H,17,18);5,7-10H,4,6H2,1-3H3,(H,14,15);6-10H,4-5H2,1-3H3,(H,14,15);5-7H,1-4H3,(H,12,14). The number of aryl methyl sites for hydroxylation is 3. The van der Waals surface area contributed by atoms with E-state index in [1.165, 1.54) is 36.3 Å². The van der Waals surface area contributed by atoms with E-state index in [0.29, 0.717) is 40.6 Å². The van der Waals surface area contributed by atoms with E-state index in [4.69, 9.17) is 23.7 Å². The van der Waals surface area contributed by atoms with E-state index in [1.807, 2.05) is 113 Å². The Hall–Kier alpha value is -8.47. The van der Waals surface area contributed by atoms with Gasteiger partial charge in [-0.25, -0.2) is 24.0 Å². The van der Waals surface area contributed by atoms with Gasteiger partial charge in [0.2, 0.25) is 0 Å². The van der Waals surface area contributed by atoms with Gasteiger partial charge in [0, 0.05) is 73.8 Å². The molecule has 0 aliphatic rings. The summed E-state index contributed by atoms with van der Waals surface area (Å²) in [5.41, 5.74) is 10.2. The predicted octanol–water partition coefficient (Wildman–Crippen LogP) is 15.6. The summed E-state index contributed by atoms with van der Waals surface area (Å²) in [6.07, 6.45) is 5.99. The third-order valence-electron chi connectivity index (χ3n) is 13.3. The Kier molecular flexibility index (Phi) is 33.8. The first-order chi connectivity index (χ1) is 40.5. The first-order valence-electron chi connectivity index (χ1n) is 29.2. The van der Waals surface area contributed by atoms with Crippen molar-refractivity contribution >= 4 is 41.8 Å².